The van der Waals surface area contributed by atoms with Crippen LogP contribution in [0.2, 0.25) is 0 Å². The normalized spacial score (nSPS) is 19.6. The smallest absolute Gasteiger partial charge is 0.246 e. The minimum absolute atomic E-state index is 0.0639. The molecular weight excluding hydrogens is 266 g/mol. The second-order valence-corrected chi connectivity index (χ2v) is 5.31. The molecule has 1 unspecified atom stereocenters. The third-order valence-electron chi connectivity index (χ3n) is 3.96. The predicted molar refractivity (Wildman–Crippen MR) is 80.9 cm³/mol. The Morgan fingerprint density at radius 3 is 3.05 bits per heavy atom. The zero-order valence-electron chi connectivity index (χ0n) is 11.6. The molecule has 4 rings (SSSR count). The molecule has 2 aromatic rings. The number of benzene rings is 1. The lowest BCUT2D eigenvalue weighted by Crippen LogP contribution is -2.37. The van der Waals surface area contributed by atoms with Crippen LogP contribution in [0.3, 0.4) is 0 Å². The van der Waals surface area contributed by atoms with E-state index in [-0.39, 0.29) is 11.9 Å². The van der Waals surface area contributed by atoms with Crippen LogP contribution >= 0.6 is 0 Å². The molecule has 1 aromatic carbocycles. The summed E-state index contributed by atoms with van der Waals surface area (Å²) >= 11 is 0. The van der Waals surface area contributed by atoms with Crippen LogP contribution in [0.15, 0.2) is 30.6 Å². The highest BCUT2D eigenvalue weighted by molar-refractivity contribution is 6.05. The highest BCUT2D eigenvalue weighted by Crippen LogP contribution is 2.40. The number of nitrogens with one attached hydrogen (secondary N) is 2. The Kier molecular flexibility index (Phi) is 2.57. The Morgan fingerprint density at radius 1 is 1.29 bits per heavy atom. The van der Waals surface area contributed by atoms with Crippen molar-refractivity contribution in [2.75, 3.05) is 22.1 Å². The molecule has 6 heteroatoms. The van der Waals surface area contributed by atoms with Crippen molar-refractivity contribution in [3.8, 4) is 0 Å². The SMILES string of the molecule is CC1Nc2ncnc(N3CCc4ccccc43)c2NC1=O. The van der Waals surface area contributed by atoms with Gasteiger partial charge in [-0.2, -0.15) is 0 Å². The Morgan fingerprint density at radius 2 is 2.14 bits per heavy atom. The van der Waals surface area contributed by atoms with Crippen molar-refractivity contribution >= 4 is 28.9 Å². The quantitative estimate of drug-likeness (QED) is 0.835. The van der Waals surface area contributed by atoms with Gasteiger partial charge >= 0.3 is 0 Å². The summed E-state index contributed by atoms with van der Waals surface area (Å²) < 4.78 is 0. The molecule has 2 aliphatic heterocycles. The summed E-state index contributed by atoms with van der Waals surface area (Å²) in [7, 11) is 0. The monoisotopic (exact) mass is 281 g/mol. The highest BCUT2D eigenvalue weighted by Gasteiger charge is 2.30. The van der Waals surface area contributed by atoms with Crippen molar-refractivity contribution in [2.24, 2.45) is 0 Å². The first-order valence-corrected chi connectivity index (χ1v) is 7.02. The van der Waals surface area contributed by atoms with E-state index in [9.17, 15) is 4.79 Å². The van der Waals surface area contributed by atoms with E-state index in [2.05, 4.69) is 37.6 Å². The summed E-state index contributed by atoms with van der Waals surface area (Å²) in [6.07, 6.45) is 2.51. The zero-order chi connectivity index (χ0) is 14.4. The van der Waals surface area contributed by atoms with E-state index in [1.807, 2.05) is 19.1 Å². The minimum atomic E-state index is -0.286. The van der Waals surface area contributed by atoms with Gasteiger partial charge in [-0.3, -0.25) is 4.79 Å². The van der Waals surface area contributed by atoms with Gasteiger partial charge < -0.3 is 15.5 Å². The first kappa shape index (κ1) is 12.1. The summed E-state index contributed by atoms with van der Waals surface area (Å²) in [6, 6.07) is 7.98. The third kappa shape index (κ3) is 1.83. The Labute approximate surface area is 122 Å². The third-order valence-corrected chi connectivity index (χ3v) is 3.96. The van der Waals surface area contributed by atoms with Crippen LogP contribution in [0.1, 0.15) is 12.5 Å². The van der Waals surface area contributed by atoms with Gasteiger partial charge in [-0.25, -0.2) is 9.97 Å². The number of rotatable bonds is 1. The van der Waals surface area contributed by atoms with E-state index in [1.54, 1.807) is 0 Å². The molecule has 0 saturated heterocycles. The Balaban J connectivity index is 1.81. The lowest BCUT2D eigenvalue weighted by molar-refractivity contribution is -0.116. The van der Waals surface area contributed by atoms with Crippen LogP contribution in [-0.4, -0.2) is 28.5 Å². The molecule has 1 amide bonds. The molecule has 0 aliphatic carbocycles. The first-order chi connectivity index (χ1) is 10.2. The highest BCUT2D eigenvalue weighted by atomic mass is 16.2. The van der Waals surface area contributed by atoms with Crippen molar-refractivity contribution in [2.45, 2.75) is 19.4 Å². The van der Waals surface area contributed by atoms with Gasteiger partial charge in [0.2, 0.25) is 5.91 Å². The number of fused-ring (bicyclic) bond motifs is 2. The molecule has 0 fully saturated rings. The van der Waals surface area contributed by atoms with Crippen LogP contribution < -0.4 is 15.5 Å². The van der Waals surface area contributed by atoms with E-state index in [0.717, 1.165) is 24.5 Å². The molecule has 0 radical (unpaired) electrons. The molecule has 2 aliphatic rings. The van der Waals surface area contributed by atoms with E-state index >= 15 is 0 Å². The fraction of sp³-hybridized carbons (Fsp3) is 0.267. The molecule has 0 saturated carbocycles. The molecule has 6 nitrogen and oxygen atoms in total. The summed E-state index contributed by atoms with van der Waals surface area (Å²) in [5, 5.41) is 6.03. The molecular formula is C15H15N5O. The molecule has 1 atom stereocenters. The largest absolute Gasteiger partial charge is 0.357 e. The van der Waals surface area contributed by atoms with Crippen molar-refractivity contribution in [3.63, 3.8) is 0 Å². The van der Waals surface area contributed by atoms with Crippen LogP contribution in [0.4, 0.5) is 23.0 Å². The molecule has 1 aromatic heterocycles. The van der Waals surface area contributed by atoms with Gasteiger partial charge in [0.1, 0.15) is 18.1 Å². The number of carbonyl (C=O) groups is 1. The van der Waals surface area contributed by atoms with Gasteiger partial charge in [-0.05, 0) is 25.0 Å². The van der Waals surface area contributed by atoms with E-state index in [0.29, 0.717) is 11.5 Å². The number of carbonyl (C=O) groups excluding carboxylic acids is 1. The second-order valence-electron chi connectivity index (χ2n) is 5.31. The van der Waals surface area contributed by atoms with Crippen LogP contribution in [0.25, 0.3) is 0 Å². The summed E-state index contributed by atoms with van der Waals surface area (Å²) in [4.78, 5) is 22.7. The molecule has 2 N–H and O–H groups in total. The number of hydrogen-bond donors (Lipinski definition) is 2. The van der Waals surface area contributed by atoms with Gasteiger partial charge in [-0.15, -0.1) is 0 Å². The van der Waals surface area contributed by atoms with Gasteiger partial charge in [0.15, 0.2) is 11.6 Å². The molecule has 0 bridgehead atoms. The summed E-state index contributed by atoms with van der Waals surface area (Å²) in [5.41, 5.74) is 3.11. The predicted octanol–water partition coefficient (Wildman–Crippen LogP) is 1.92. The Hall–Kier alpha value is -2.63. The number of hydrogen-bond acceptors (Lipinski definition) is 5. The van der Waals surface area contributed by atoms with Crippen molar-refractivity contribution in [3.05, 3.63) is 36.2 Å². The molecule has 3 heterocycles. The molecule has 0 spiro atoms. The zero-order valence-corrected chi connectivity index (χ0v) is 11.6. The van der Waals surface area contributed by atoms with Crippen molar-refractivity contribution < 1.29 is 4.79 Å². The number of amides is 1. The fourth-order valence-corrected chi connectivity index (χ4v) is 2.87. The van der Waals surface area contributed by atoms with Gasteiger partial charge in [0.05, 0.1) is 0 Å². The minimum Gasteiger partial charge on any atom is -0.357 e. The van der Waals surface area contributed by atoms with Crippen molar-refractivity contribution in [1.29, 1.82) is 0 Å². The molecule has 21 heavy (non-hydrogen) atoms. The maximum atomic E-state index is 11.9. The van der Waals surface area contributed by atoms with E-state index in [1.165, 1.54) is 11.9 Å². The van der Waals surface area contributed by atoms with Crippen LogP contribution in [-0.2, 0) is 11.2 Å². The summed E-state index contributed by atoms with van der Waals surface area (Å²) in [6.45, 7) is 2.67. The maximum Gasteiger partial charge on any atom is 0.246 e. The van der Waals surface area contributed by atoms with Crippen LogP contribution in [0, 0.1) is 0 Å². The fourth-order valence-electron chi connectivity index (χ4n) is 2.87. The van der Waals surface area contributed by atoms with Crippen molar-refractivity contribution in [1.82, 2.24) is 9.97 Å². The summed E-state index contributed by atoms with van der Waals surface area (Å²) in [5.74, 6) is 1.36. The average molecular weight is 281 g/mol. The van der Waals surface area contributed by atoms with E-state index < -0.39 is 0 Å². The maximum absolute atomic E-state index is 11.9. The van der Waals surface area contributed by atoms with Gasteiger partial charge in [-0.1, -0.05) is 18.2 Å². The number of anilines is 4. The Bertz CT molecular complexity index is 730. The first-order valence-electron chi connectivity index (χ1n) is 7.02. The van der Waals surface area contributed by atoms with Gasteiger partial charge in [0.25, 0.3) is 0 Å². The standard InChI is InChI=1S/C15H15N5O/c1-9-15(21)19-12-13(18-9)16-8-17-14(12)20-7-6-10-4-2-3-5-11(10)20/h2-5,8-9H,6-7H2,1H3,(H,19,21)(H,16,17,18). The topological polar surface area (TPSA) is 70.2 Å². The van der Waals surface area contributed by atoms with Gasteiger partial charge in [0, 0.05) is 12.2 Å². The lowest BCUT2D eigenvalue weighted by atomic mass is 10.2. The second kappa shape index (κ2) is 4.44. The number of aromatic nitrogens is 2. The number of nitrogens with zero attached hydrogens (tertiary/aromatic N) is 3. The van der Waals surface area contributed by atoms with Crippen LogP contribution in [0.5, 0.6) is 0 Å². The number of para-hydroxylation sites is 1. The lowest BCUT2D eigenvalue weighted by Gasteiger charge is -2.28. The molecule has 106 valence electrons. The average Bonchev–Trinajstić information content (AvgIpc) is 2.92. The van der Waals surface area contributed by atoms with E-state index in [4.69, 9.17) is 0 Å².